The van der Waals surface area contributed by atoms with Gasteiger partial charge in [0.1, 0.15) is 11.2 Å². The molecule has 2 aromatic heterocycles. The van der Waals surface area contributed by atoms with E-state index < -0.39 is 0 Å². The topological polar surface area (TPSA) is 21.3 Å². The molecule has 0 unspecified atom stereocenters. The van der Waals surface area contributed by atoms with Crippen molar-refractivity contribution in [2.75, 3.05) is 4.90 Å². The third-order valence-corrected chi connectivity index (χ3v) is 11.2. The van der Waals surface area contributed by atoms with Crippen molar-refractivity contribution in [3.8, 4) is 39.1 Å². The Balaban J connectivity index is 1.03. The average molecular weight is 729 g/mol. The van der Waals surface area contributed by atoms with Crippen molar-refractivity contribution < 1.29 is 4.42 Å². The smallest absolute Gasteiger partial charge is 0.135 e. The monoisotopic (exact) mass is 728 g/mol. The van der Waals surface area contributed by atoms with E-state index in [-0.39, 0.29) is 0 Å². The van der Waals surface area contributed by atoms with Gasteiger partial charge < -0.3 is 13.9 Å². The number of aromatic nitrogens is 1. The lowest BCUT2D eigenvalue weighted by atomic mass is 10.0. The number of benzene rings is 9. The van der Waals surface area contributed by atoms with Gasteiger partial charge in [-0.15, -0.1) is 0 Å². The Labute approximate surface area is 330 Å². The highest BCUT2D eigenvalue weighted by atomic mass is 16.3. The van der Waals surface area contributed by atoms with E-state index in [9.17, 15) is 0 Å². The van der Waals surface area contributed by atoms with E-state index in [1.165, 1.54) is 49.6 Å². The Hall–Kier alpha value is -7.62. The zero-order valence-corrected chi connectivity index (χ0v) is 31.1. The van der Waals surface area contributed by atoms with Crippen LogP contribution in [-0.4, -0.2) is 4.57 Å². The summed E-state index contributed by atoms with van der Waals surface area (Å²) in [6, 6.07) is 78.1. The molecule has 0 atom stereocenters. The summed E-state index contributed by atoms with van der Waals surface area (Å²) in [4.78, 5) is 2.34. The fourth-order valence-corrected chi connectivity index (χ4v) is 8.40. The van der Waals surface area contributed by atoms with Crippen molar-refractivity contribution in [3.63, 3.8) is 0 Å². The van der Waals surface area contributed by atoms with Gasteiger partial charge >= 0.3 is 0 Å². The van der Waals surface area contributed by atoms with Crippen molar-refractivity contribution >= 4 is 60.8 Å². The molecule has 0 bridgehead atoms. The SMILES string of the molecule is c1ccc(-c2ccc(N(c3ccc(-c4ccc5c6ccccc6n(-c6ccccc6)c5c4)cc3)c3ccc4oc5ccc(-c6ccccc6)cc5c4c3)cc2)cc1. The second-order valence-corrected chi connectivity index (χ2v) is 14.6. The van der Waals surface area contributed by atoms with E-state index >= 15 is 0 Å². The number of fused-ring (bicyclic) bond motifs is 6. The molecular weight excluding hydrogens is 693 g/mol. The van der Waals surface area contributed by atoms with Gasteiger partial charge in [0, 0.05) is 44.3 Å². The van der Waals surface area contributed by atoms with Gasteiger partial charge in [0.15, 0.2) is 0 Å². The van der Waals surface area contributed by atoms with Crippen LogP contribution in [0.2, 0.25) is 0 Å². The molecule has 9 aromatic carbocycles. The molecule has 3 nitrogen and oxygen atoms in total. The molecule has 0 aliphatic rings. The van der Waals surface area contributed by atoms with Crippen molar-refractivity contribution in [2.45, 2.75) is 0 Å². The lowest BCUT2D eigenvalue weighted by Gasteiger charge is -2.26. The maximum absolute atomic E-state index is 6.38. The van der Waals surface area contributed by atoms with E-state index in [2.05, 4.69) is 228 Å². The van der Waals surface area contributed by atoms with Gasteiger partial charge in [-0.2, -0.15) is 0 Å². The van der Waals surface area contributed by atoms with Crippen LogP contribution in [0.15, 0.2) is 223 Å². The number of hydrogen-bond acceptors (Lipinski definition) is 2. The van der Waals surface area contributed by atoms with Gasteiger partial charge in [0.05, 0.1) is 11.0 Å². The first-order chi connectivity index (χ1) is 28.2. The Morgan fingerprint density at radius 1 is 0.298 bits per heavy atom. The van der Waals surface area contributed by atoms with Gasteiger partial charge in [0.2, 0.25) is 0 Å². The first-order valence-electron chi connectivity index (χ1n) is 19.4. The molecule has 0 aliphatic carbocycles. The molecule has 0 saturated heterocycles. The largest absolute Gasteiger partial charge is 0.456 e. The number of anilines is 3. The van der Waals surface area contributed by atoms with Gasteiger partial charge in [-0.05, 0) is 112 Å². The van der Waals surface area contributed by atoms with Crippen LogP contribution in [0, 0.1) is 0 Å². The zero-order valence-electron chi connectivity index (χ0n) is 31.1. The Kier molecular flexibility index (Phi) is 7.82. The van der Waals surface area contributed by atoms with Crippen LogP contribution >= 0.6 is 0 Å². The third kappa shape index (κ3) is 5.76. The van der Waals surface area contributed by atoms with E-state index in [0.29, 0.717) is 0 Å². The van der Waals surface area contributed by atoms with E-state index in [0.717, 1.165) is 50.3 Å². The lowest BCUT2D eigenvalue weighted by molar-refractivity contribution is 0.669. The number of furan rings is 1. The molecule has 0 saturated carbocycles. The van der Waals surface area contributed by atoms with Crippen LogP contribution in [0.1, 0.15) is 0 Å². The van der Waals surface area contributed by atoms with Gasteiger partial charge in [-0.1, -0.05) is 140 Å². The van der Waals surface area contributed by atoms with E-state index in [4.69, 9.17) is 4.42 Å². The average Bonchev–Trinajstić information content (AvgIpc) is 3.82. The molecule has 11 aromatic rings. The second-order valence-electron chi connectivity index (χ2n) is 14.6. The molecular formula is C54H36N2O. The van der Waals surface area contributed by atoms with Crippen LogP contribution in [0.5, 0.6) is 0 Å². The quantitative estimate of drug-likeness (QED) is 0.163. The normalized spacial score (nSPS) is 11.5. The fraction of sp³-hybridized carbons (Fsp3) is 0. The Morgan fingerprint density at radius 2 is 0.754 bits per heavy atom. The van der Waals surface area contributed by atoms with Crippen molar-refractivity contribution in [3.05, 3.63) is 218 Å². The van der Waals surface area contributed by atoms with Crippen molar-refractivity contribution in [2.24, 2.45) is 0 Å². The Bertz CT molecular complexity index is 3200. The molecule has 3 heteroatoms. The maximum Gasteiger partial charge on any atom is 0.135 e. The first kappa shape index (κ1) is 32.8. The summed E-state index contributed by atoms with van der Waals surface area (Å²) < 4.78 is 8.76. The predicted octanol–water partition coefficient (Wildman–Crippen LogP) is 15.2. The molecule has 0 radical (unpaired) electrons. The van der Waals surface area contributed by atoms with Gasteiger partial charge in [0.25, 0.3) is 0 Å². The van der Waals surface area contributed by atoms with Crippen LogP contribution in [0.4, 0.5) is 17.1 Å². The molecule has 268 valence electrons. The number of nitrogens with zero attached hydrogens (tertiary/aromatic N) is 2. The standard InChI is InChI=1S/C54H36N2O/c1-4-12-37(13-5-1)39-20-26-44(27-21-39)55(46-30-33-54-50(36-46)49-34-41(25-32-53(49)57-54)38-14-6-2-7-15-38)45-28-22-40(23-29-45)42-24-31-48-47-18-10-11-19-51(47)56(52(48)35-42)43-16-8-3-9-17-43/h1-36H. The van der Waals surface area contributed by atoms with Crippen molar-refractivity contribution in [1.82, 2.24) is 4.57 Å². The second kappa shape index (κ2) is 13.6. The lowest BCUT2D eigenvalue weighted by Crippen LogP contribution is -2.09. The van der Waals surface area contributed by atoms with E-state index in [1.807, 2.05) is 0 Å². The van der Waals surface area contributed by atoms with Gasteiger partial charge in [-0.3, -0.25) is 0 Å². The summed E-state index contributed by atoms with van der Waals surface area (Å²) in [6.07, 6.45) is 0. The summed E-state index contributed by atoms with van der Waals surface area (Å²) in [5.74, 6) is 0. The first-order valence-corrected chi connectivity index (χ1v) is 19.4. The summed E-state index contributed by atoms with van der Waals surface area (Å²) in [7, 11) is 0. The fourth-order valence-electron chi connectivity index (χ4n) is 8.40. The van der Waals surface area contributed by atoms with Crippen molar-refractivity contribution in [1.29, 1.82) is 0 Å². The summed E-state index contributed by atoms with van der Waals surface area (Å²) in [5.41, 5.74) is 15.6. The number of hydrogen-bond donors (Lipinski definition) is 0. The van der Waals surface area contributed by atoms with Crippen LogP contribution in [0.3, 0.4) is 0 Å². The minimum absolute atomic E-state index is 0.872. The van der Waals surface area contributed by atoms with Crippen LogP contribution < -0.4 is 4.90 Å². The third-order valence-electron chi connectivity index (χ3n) is 11.2. The Morgan fingerprint density at radius 3 is 1.44 bits per heavy atom. The predicted molar refractivity (Wildman–Crippen MR) is 239 cm³/mol. The molecule has 0 N–H and O–H groups in total. The summed E-state index contributed by atoms with van der Waals surface area (Å²) in [5, 5.41) is 4.69. The van der Waals surface area contributed by atoms with Crippen LogP contribution in [0.25, 0.3) is 82.8 Å². The zero-order chi connectivity index (χ0) is 37.7. The highest BCUT2D eigenvalue weighted by molar-refractivity contribution is 6.10. The molecule has 2 heterocycles. The minimum atomic E-state index is 0.872. The van der Waals surface area contributed by atoms with E-state index in [1.54, 1.807) is 0 Å². The minimum Gasteiger partial charge on any atom is -0.456 e. The molecule has 0 spiro atoms. The maximum atomic E-state index is 6.38. The van der Waals surface area contributed by atoms with Crippen LogP contribution in [-0.2, 0) is 0 Å². The highest BCUT2D eigenvalue weighted by Gasteiger charge is 2.18. The van der Waals surface area contributed by atoms with Gasteiger partial charge in [-0.25, -0.2) is 0 Å². The summed E-state index contributed by atoms with van der Waals surface area (Å²) >= 11 is 0. The molecule has 0 aliphatic heterocycles. The summed E-state index contributed by atoms with van der Waals surface area (Å²) in [6.45, 7) is 0. The molecule has 0 amide bonds. The molecule has 57 heavy (non-hydrogen) atoms. The molecule has 11 rings (SSSR count). The number of para-hydroxylation sites is 2. The highest BCUT2D eigenvalue weighted by Crippen LogP contribution is 2.41. The number of rotatable bonds is 7. The molecule has 0 fully saturated rings.